The monoisotopic (exact) mass is 413 g/mol. The molecule has 28 heavy (non-hydrogen) atoms. The molecule has 0 radical (unpaired) electrons. The summed E-state index contributed by atoms with van der Waals surface area (Å²) in [6, 6.07) is 0. The van der Waals surface area contributed by atoms with Crippen molar-refractivity contribution in [1.82, 2.24) is 9.80 Å². The minimum atomic E-state index is 0. The molecule has 0 spiro atoms. The maximum absolute atomic E-state index is 2.60. The van der Waals surface area contributed by atoms with Crippen molar-refractivity contribution < 1.29 is 12.4 Å². The molecule has 1 unspecified atom stereocenters. The van der Waals surface area contributed by atoms with Gasteiger partial charge in [-0.2, -0.15) is 0 Å². The maximum Gasteiger partial charge on any atom is 0.100 e. The standard InChI is InChI=1S/C25H50N2.ClH/c1-4-7-9-11-13-14-15-16-18-20-22-27-24-23-26(25(27)6-3)21-19-17-12-10-8-5-2;/h23-25H,4-22H2,1-3H3;1H/p-1. The average molecular weight is 414 g/mol. The number of hydrogen-bond acceptors (Lipinski definition) is 2. The van der Waals surface area contributed by atoms with Crippen LogP contribution in [0.15, 0.2) is 12.4 Å². The van der Waals surface area contributed by atoms with E-state index in [1.807, 2.05) is 0 Å². The molecule has 0 bridgehead atoms. The molecule has 1 rings (SSSR count). The molecule has 168 valence electrons. The van der Waals surface area contributed by atoms with Gasteiger partial charge in [0.15, 0.2) is 0 Å². The van der Waals surface area contributed by atoms with Gasteiger partial charge in [0.05, 0.1) is 0 Å². The van der Waals surface area contributed by atoms with Crippen LogP contribution in [0.3, 0.4) is 0 Å². The maximum atomic E-state index is 2.60. The van der Waals surface area contributed by atoms with Gasteiger partial charge in [0.1, 0.15) is 6.17 Å². The predicted octanol–water partition coefficient (Wildman–Crippen LogP) is 5.10. The Morgan fingerprint density at radius 2 is 0.821 bits per heavy atom. The third kappa shape index (κ3) is 13.0. The van der Waals surface area contributed by atoms with Crippen molar-refractivity contribution in [2.45, 2.75) is 136 Å². The van der Waals surface area contributed by atoms with Gasteiger partial charge in [-0.25, -0.2) is 0 Å². The molecule has 1 aliphatic rings. The third-order valence-corrected chi connectivity index (χ3v) is 6.12. The van der Waals surface area contributed by atoms with Crippen LogP contribution in [0.4, 0.5) is 0 Å². The Kier molecular flexibility index (Phi) is 19.7. The van der Waals surface area contributed by atoms with Gasteiger partial charge in [0.25, 0.3) is 0 Å². The first-order valence-corrected chi connectivity index (χ1v) is 12.5. The van der Waals surface area contributed by atoms with Crippen LogP contribution in [0.25, 0.3) is 0 Å². The second-order valence-electron chi connectivity index (χ2n) is 8.61. The van der Waals surface area contributed by atoms with E-state index in [2.05, 4.69) is 43.0 Å². The number of unbranched alkanes of at least 4 members (excludes halogenated alkanes) is 14. The second-order valence-corrected chi connectivity index (χ2v) is 8.61. The SMILES string of the molecule is CCCCCCCCCCCCN1C=CN(CCCCCCCC)C1CC.[Cl-]. The molecule has 0 aromatic heterocycles. The lowest BCUT2D eigenvalue weighted by Gasteiger charge is -2.32. The Morgan fingerprint density at radius 3 is 1.14 bits per heavy atom. The van der Waals surface area contributed by atoms with Crippen molar-refractivity contribution in [3.63, 3.8) is 0 Å². The largest absolute Gasteiger partial charge is 1.00 e. The minimum absolute atomic E-state index is 0. The molecule has 0 N–H and O–H groups in total. The summed E-state index contributed by atoms with van der Waals surface area (Å²) >= 11 is 0. The van der Waals surface area contributed by atoms with Gasteiger partial charge < -0.3 is 22.2 Å². The van der Waals surface area contributed by atoms with Crippen LogP contribution in [-0.2, 0) is 0 Å². The summed E-state index contributed by atoms with van der Waals surface area (Å²) in [6.07, 6.45) is 29.2. The number of nitrogens with zero attached hydrogens (tertiary/aromatic N) is 2. The zero-order chi connectivity index (χ0) is 19.6. The molecular formula is C25H50ClN2-. The van der Waals surface area contributed by atoms with E-state index in [1.54, 1.807) is 0 Å². The van der Waals surface area contributed by atoms with Gasteiger partial charge in [0, 0.05) is 25.5 Å². The quantitative estimate of drug-likeness (QED) is 0.272. The first-order chi connectivity index (χ1) is 13.3. The summed E-state index contributed by atoms with van der Waals surface area (Å²) in [5.74, 6) is 0. The van der Waals surface area contributed by atoms with E-state index in [9.17, 15) is 0 Å². The van der Waals surface area contributed by atoms with E-state index in [4.69, 9.17) is 0 Å². The van der Waals surface area contributed by atoms with Crippen LogP contribution in [-0.4, -0.2) is 29.1 Å². The third-order valence-electron chi connectivity index (χ3n) is 6.12. The predicted molar refractivity (Wildman–Crippen MR) is 122 cm³/mol. The molecule has 0 saturated heterocycles. The molecule has 1 atom stereocenters. The molecule has 0 fully saturated rings. The highest BCUT2D eigenvalue weighted by atomic mass is 35.5. The van der Waals surface area contributed by atoms with E-state index in [-0.39, 0.29) is 12.4 Å². The van der Waals surface area contributed by atoms with E-state index in [0.29, 0.717) is 6.17 Å². The van der Waals surface area contributed by atoms with Crippen molar-refractivity contribution in [3.05, 3.63) is 12.4 Å². The summed E-state index contributed by atoms with van der Waals surface area (Å²) in [5.41, 5.74) is 0. The normalized spacial score (nSPS) is 16.0. The van der Waals surface area contributed by atoms with E-state index in [1.165, 1.54) is 122 Å². The highest BCUT2D eigenvalue weighted by Crippen LogP contribution is 2.21. The fourth-order valence-corrected chi connectivity index (χ4v) is 4.33. The van der Waals surface area contributed by atoms with E-state index >= 15 is 0 Å². The van der Waals surface area contributed by atoms with E-state index in [0.717, 1.165) is 0 Å². The smallest absolute Gasteiger partial charge is 0.100 e. The fourth-order valence-electron chi connectivity index (χ4n) is 4.33. The van der Waals surface area contributed by atoms with Gasteiger partial charge in [-0.1, -0.05) is 111 Å². The summed E-state index contributed by atoms with van der Waals surface area (Å²) < 4.78 is 0. The molecule has 1 heterocycles. The van der Waals surface area contributed by atoms with Crippen LogP contribution in [0.2, 0.25) is 0 Å². The highest BCUT2D eigenvalue weighted by Gasteiger charge is 2.23. The molecule has 2 nitrogen and oxygen atoms in total. The first kappa shape index (κ1) is 27.6. The number of hydrogen-bond donors (Lipinski definition) is 0. The zero-order valence-electron chi connectivity index (χ0n) is 19.4. The van der Waals surface area contributed by atoms with Gasteiger partial charge in [0.2, 0.25) is 0 Å². The Hall–Kier alpha value is -0.370. The Bertz CT molecular complexity index is 345. The minimum Gasteiger partial charge on any atom is -1.00 e. The molecular weight excluding hydrogens is 364 g/mol. The lowest BCUT2D eigenvalue weighted by molar-refractivity contribution is -0.00000609. The first-order valence-electron chi connectivity index (χ1n) is 12.5. The lowest BCUT2D eigenvalue weighted by Crippen LogP contribution is -3.00. The fraction of sp³-hybridized carbons (Fsp3) is 0.920. The number of halogens is 1. The molecule has 0 aromatic carbocycles. The van der Waals surface area contributed by atoms with Crippen molar-refractivity contribution in [1.29, 1.82) is 0 Å². The van der Waals surface area contributed by atoms with Gasteiger partial charge in [-0.05, 0) is 19.3 Å². The van der Waals surface area contributed by atoms with Crippen LogP contribution in [0.1, 0.15) is 130 Å². The molecule has 0 aromatic rings. The van der Waals surface area contributed by atoms with Gasteiger partial charge in [-0.15, -0.1) is 0 Å². The van der Waals surface area contributed by atoms with E-state index < -0.39 is 0 Å². The average Bonchev–Trinajstić information content (AvgIpc) is 3.07. The topological polar surface area (TPSA) is 6.48 Å². The van der Waals surface area contributed by atoms with Crippen molar-refractivity contribution in [2.75, 3.05) is 13.1 Å². The van der Waals surface area contributed by atoms with Crippen molar-refractivity contribution in [3.8, 4) is 0 Å². The Balaban J connectivity index is 0.00000729. The molecule has 0 saturated carbocycles. The lowest BCUT2D eigenvalue weighted by atomic mass is 10.1. The van der Waals surface area contributed by atoms with Crippen LogP contribution in [0, 0.1) is 0 Å². The Labute approximate surface area is 183 Å². The highest BCUT2D eigenvalue weighted by molar-refractivity contribution is 4.96. The molecule has 0 aliphatic carbocycles. The summed E-state index contributed by atoms with van der Waals surface area (Å²) in [4.78, 5) is 5.19. The molecule has 1 aliphatic heterocycles. The van der Waals surface area contributed by atoms with Crippen LogP contribution >= 0.6 is 0 Å². The van der Waals surface area contributed by atoms with Crippen molar-refractivity contribution in [2.24, 2.45) is 0 Å². The van der Waals surface area contributed by atoms with Crippen LogP contribution < -0.4 is 12.4 Å². The number of rotatable bonds is 19. The van der Waals surface area contributed by atoms with Gasteiger partial charge in [-0.3, -0.25) is 0 Å². The van der Waals surface area contributed by atoms with Crippen LogP contribution in [0.5, 0.6) is 0 Å². The zero-order valence-corrected chi connectivity index (χ0v) is 20.2. The van der Waals surface area contributed by atoms with Crippen molar-refractivity contribution >= 4 is 0 Å². The van der Waals surface area contributed by atoms with Gasteiger partial charge >= 0.3 is 0 Å². The second kappa shape index (κ2) is 19.9. The molecule has 0 amide bonds. The summed E-state index contributed by atoms with van der Waals surface area (Å²) in [7, 11) is 0. The molecule has 3 heteroatoms. The Morgan fingerprint density at radius 1 is 0.500 bits per heavy atom. The summed E-state index contributed by atoms with van der Waals surface area (Å²) in [5, 5.41) is 0. The summed E-state index contributed by atoms with van der Waals surface area (Å²) in [6.45, 7) is 9.43.